The van der Waals surface area contributed by atoms with Gasteiger partial charge in [0, 0.05) is 13.0 Å². The molecule has 1 aromatic heterocycles. The van der Waals surface area contributed by atoms with E-state index < -0.39 is 5.91 Å². The van der Waals surface area contributed by atoms with Crippen molar-refractivity contribution in [3.8, 4) is 5.69 Å². The van der Waals surface area contributed by atoms with Gasteiger partial charge in [0.25, 0.3) is 5.91 Å². The Kier molecular flexibility index (Phi) is 5.38. The number of carbonyl (C=O) groups is 2. The summed E-state index contributed by atoms with van der Waals surface area (Å²) in [5, 5.41) is 13.5. The number of benzene rings is 2. The summed E-state index contributed by atoms with van der Waals surface area (Å²) in [4.78, 5) is 24.5. The third-order valence-electron chi connectivity index (χ3n) is 3.76. The van der Waals surface area contributed by atoms with Gasteiger partial charge in [0.2, 0.25) is 5.91 Å². The average Bonchev–Trinajstić information content (AvgIpc) is 3.11. The van der Waals surface area contributed by atoms with Crippen LogP contribution in [0.1, 0.15) is 29.4 Å². The van der Waals surface area contributed by atoms with Crippen molar-refractivity contribution in [3.05, 3.63) is 71.9 Å². The van der Waals surface area contributed by atoms with Gasteiger partial charge in [0.15, 0.2) is 11.5 Å². The Morgan fingerprint density at radius 2 is 1.65 bits per heavy atom. The molecule has 0 atom stereocenters. The number of carbonyl (C=O) groups excluding carboxylic acids is 2. The van der Waals surface area contributed by atoms with Gasteiger partial charge in [-0.2, -0.15) is 4.68 Å². The summed E-state index contributed by atoms with van der Waals surface area (Å²) in [6.07, 6.45) is 0.283. The van der Waals surface area contributed by atoms with Crippen LogP contribution in [0.4, 0.5) is 5.82 Å². The first-order valence-corrected chi connectivity index (χ1v) is 8.32. The van der Waals surface area contributed by atoms with Gasteiger partial charge in [0.1, 0.15) is 0 Å². The molecule has 7 heteroatoms. The number of rotatable bonds is 6. The van der Waals surface area contributed by atoms with Crippen molar-refractivity contribution in [2.45, 2.75) is 19.9 Å². The van der Waals surface area contributed by atoms with Crippen molar-refractivity contribution in [1.82, 2.24) is 20.3 Å². The first kappa shape index (κ1) is 17.3. The van der Waals surface area contributed by atoms with E-state index in [0.29, 0.717) is 12.2 Å². The predicted molar refractivity (Wildman–Crippen MR) is 97.9 cm³/mol. The Balaban J connectivity index is 1.87. The highest BCUT2D eigenvalue weighted by atomic mass is 16.2. The Morgan fingerprint density at radius 1 is 1.00 bits per heavy atom. The molecule has 0 fully saturated rings. The van der Waals surface area contributed by atoms with Crippen LogP contribution in [0.5, 0.6) is 0 Å². The number of nitrogens with one attached hydrogen (secondary N) is 2. The number of para-hydroxylation sites is 1. The molecule has 0 spiro atoms. The fourth-order valence-corrected chi connectivity index (χ4v) is 2.38. The Bertz CT molecular complexity index is 891. The molecule has 0 saturated carbocycles. The lowest BCUT2D eigenvalue weighted by atomic mass is 10.2. The second-order valence-electron chi connectivity index (χ2n) is 5.60. The molecule has 1 heterocycles. The van der Waals surface area contributed by atoms with E-state index in [4.69, 9.17) is 0 Å². The second kappa shape index (κ2) is 8.06. The van der Waals surface area contributed by atoms with E-state index in [0.717, 1.165) is 5.56 Å². The predicted octanol–water partition coefficient (Wildman–Crippen LogP) is 2.55. The van der Waals surface area contributed by atoms with Crippen LogP contribution in [0.3, 0.4) is 0 Å². The molecule has 3 aromatic rings. The Hall–Kier alpha value is -3.48. The molecule has 0 aliphatic rings. The molecule has 0 radical (unpaired) electrons. The third-order valence-corrected chi connectivity index (χ3v) is 3.76. The standard InChI is InChI=1S/C19H19N5O2/c1-2-16(25)21-18-17(19(26)20-13-14-9-5-3-6-10-14)22-23-24(18)15-11-7-4-8-12-15/h3-12H,2,13H2,1H3,(H,20,26)(H,21,25). The molecule has 2 amide bonds. The minimum absolute atomic E-state index is 0.0755. The highest BCUT2D eigenvalue weighted by Crippen LogP contribution is 2.18. The molecule has 132 valence electrons. The van der Waals surface area contributed by atoms with E-state index in [1.54, 1.807) is 6.92 Å². The maximum atomic E-state index is 12.6. The zero-order valence-corrected chi connectivity index (χ0v) is 14.3. The number of amides is 2. The number of hydrogen-bond acceptors (Lipinski definition) is 4. The van der Waals surface area contributed by atoms with E-state index in [-0.39, 0.29) is 23.8 Å². The van der Waals surface area contributed by atoms with Crippen molar-refractivity contribution in [2.24, 2.45) is 0 Å². The fourth-order valence-electron chi connectivity index (χ4n) is 2.38. The van der Waals surface area contributed by atoms with Gasteiger partial charge < -0.3 is 10.6 Å². The van der Waals surface area contributed by atoms with E-state index in [1.165, 1.54) is 4.68 Å². The van der Waals surface area contributed by atoms with Crippen LogP contribution in [-0.4, -0.2) is 26.8 Å². The largest absolute Gasteiger partial charge is 0.346 e. The van der Waals surface area contributed by atoms with Gasteiger partial charge in [-0.1, -0.05) is 60.7 Å². The second-order valence-corrected chi connectivity index (χ2v) is 5.60. The van der Waals surface area contributed by atoms with Crippen molar-refractivity contribution < 1.29 is 9.59 Å². The summed E-state index contributed by atoms with van der Waals surface area (Å²) in [5.41, 5.74) is 1.75. The number of hydrogen-bond donors (Lipinski definition) is 2. The van der Waals surface area contributed by atoms with Crippen LogP contribution in [-0.2, 0) is 11.3 Å². The van der Waals surface area contributed by atoms with Crippen molar-refractivity contribution in [3.63, 3.8) is 0 Å². The van der Waals surface area contributed by atoms with Crippen LogP contribution in [0.25, 0.3) is 5.69 Å². The van der Waals surface area contributed by atoms with E-state index in [2.05, 4.69) is 20.9 Å². The molecule has 2 N–H and O–H groups in total. The number of nitrogens with zero attached hydrogens (tertiary/aromatic N) is 3. The monoisotopic (exact) mass is 349 g/mol. The average molecular weight is 349 g/mol. The lowest BCUT2D eigenvalue weighted by molar-refractivity contribution is -0.115. The summed E-state index contributed by atoms with van der Waals surface area (Å²) in [6, 6.07) is 18.8. The van der Waals surface area contributed by atoms with Crippen LogP contribution in [0.2, 0.25) is 0 Å². The highest BCUT2D eigenvalue weighted by molar-refractivity contribution is 6.01. The molecule has 7 nitrogen and oxygen atoms in total. The van der Waals surface area contributed by atoms with Crippen LogP contribution in [0, 0.1) is 0 Å². The van der Waals surface area contributed by atoms with Crippen molar-refractivity contribution in [1.29, 1.82) is 0 Å². The SMILES string of the molecule is CCC(=O)Nc1c(C(=O)NCc2ccccc2)nnn1-c1ccccc1. The minimum atomic E-state index is -0.401. The normalized spacial score (nSPS) is 10.3. The summed E-state index contributed by atoms with van der Waals surface area (Å²) >= 11 is 0. The van der Waals surface area contributed by atoms with Gasteiger partial charge in [-0.05, 0) is 17.7 Å². The molecule has 0 bridgehead atoms. The lowest BCUT2D eigenvalue weighted by Gasteiger charge is -2.09. The maximum absolute atomic E-state index is 12.6. The summed E-state index contributed by atoms with van der Waals surface area (Å²) in [7, 11) is 0. The van der Waals surface area contributed by atoms with Gasteiger partial charge in [-0.25, -0.2) is 0 Å². The fraction of sp³-hybridized carbons (Fsp3) is 0.158. The van der Waals surface area contributed by atoms with Gasteiger partial charge >= 0.3 is 0 Å². The lowest BCUT2D eigenvalue weighted by Crippen LogP contribution is -2.25. The van der Waals surface area contributed by atoms with Crippen LogP contribution >= 0.6 is 0 Å². The first-order chi connectivity index (χ1) is 12.7. The smallest absolute Gasteiger partial charge is 0.276 e. The highest BCUT2D eigenvalue weighted by Gasteiger charge is 2.22. The Labute approximate surface area is 151 Å². The molecular formula is C19H19N5O2. The zero-order valence-electron chi connectivity index (χ0n) is 14.3. The van der Waals surface area contributed by atoms with Crippen molar-refractivity contribution >= 4 is 17.6 Å². The quantitative estimate of drug-likeness (QED) is 0.716. The molecule has 0 saturated heterocycles. The number of aromatic nitrogens is 3. The number of anilines is 1. The minimum Gasteiger partial charge on any atom is -0.346 e. The molecule has 26 heavy (non-hydrogen) atoms. The van der Waals surface area contributed by atoms with Gasteiger partial charge in [-0.15, -0.1) is 5.10 Å². The summed E-state index contributed by atoms with van der Waals surface area (Å²) < 4.78 is 1.45. The molecule has 0 aliphatic carbocycles. The molecule has 0 aliphatic heterocycles. The maximum Gasteiger partial charge on any atom is 0.276 e. The summed E-state index contributed by atoms with van der Waals surface area (Å²) in [6.45, 7) is 2.10. The molecular weight excluding hydrogens is 330 g/mol. The van der Waals surface area contributed by atoms with E-state index >= 15 is 0 Å². The van der Waals surface area contributed by atoms with E-state index in [9.17, 15) is 9.59 Å². The van der Waals surface area contributed by atoms with E-state index in [1.807, 2.05) is 60.7 Å². The van der Waals surface area contributed by atoms with Crippen molar-refractivity contribution in [2.75, 3.05) is 5.32 Å². The van der Waals surface area contributed by atoms with Crippen LogP contribution in [0.15, 0.2) is 60.7 Å². The Morgan fingerprint density at radius 3 is 2.31 bits per heavy atom. The molecule has 0 unspecified atom stereocenters. The zero-order chi connectivity index (χ0) is 18.4. The third kappa shape index (κ3) is 3.94. The topological polar surface area (TPSA) is 88.9 Å². The van der Waals surface area contributed by atoms with Gasteiger partial charge in [0.05, 0.1) is 5.69 Å². The molecule has 3 rings (SSSR count). The van der Waals surface area contributed by atoms with Crippen LogP contribution < -0.4 is 10.6 Å². The molecule has 2 aromatic carbocycles. The van der Waals surface area contributed by atoms with Gasteiger partial charge in [-0.3, -0.25) is 9.59 Å². The first-order valence-electron chi connectivity index (χ1n) is 8.32. The summed E-state index contributed by atoms with van der Waals surface area (Å²) in [5.74, 6) is -0.363.